The summed E-state index contributed by atoms with van der Waals surface area (Å²) in [6.07, 6.45) is 0. The summed E-state index contributed by atoms with van der Waals surface area (Å²) >= 11 is 0. The van der Waals surface area contributed by atoms with Crippen LogP contribution in [0.1, 0.15) is 16.1 Å². The second-order valence-corrected chi connectivity index (χ2v) is 4.71. The second kappa shape index (κ2) is 6.12. The van der Waals surface area contributed by atoms with Gasteiger partial charge < -0.3 is 4.74 Å². The van der Waals surface area contributed by atoms with Crippen molar-refractivity contribution in [2.45, 2.75) is 0 Å². The molecule has 112 valence electrons. The van der Waals surface area contributed by atoms with Gasteiger partial charge in [0, 0.05) is 5.56 Å². The van der Waals surface area contributed by atoms with Crippen molar-refractivity contribution in [3.8, 4) is 23.0 Å². The lowest BCUT2D eigenvalue weighted by atomic mass is 10.1. The van der Waals surface area contributed by atoms with Crippen molar-refractivity contribution < 1.29 is 9.53 Å². The molecule has 0 amide bonds. The first-order chi connectivity index (χ1) is 11.2. The van der Waals surface area contributed by atoms with Gasteiger partial charge in [-0.1, -0.05) is 35.5 Å². The zero-order chi connectivity index (χ0) is 16.2. The Hall–Kier alpha value is -3.46. The van der Waals surface area contributed by atoms with Crippen LogP contribution in [0.2, 0.25) is 0 Å². The maximum atomic E-state index is 11.5. The Morgan fingerprint density at radius 3 is 2.43 bits per heavy atom. The molecule has 0 aliphatic heterocycles. The highest BCUT2D eigenvalue weighted by Crippen LogP contribution is 2.24. The molecule has 0 aliphatic carbocycles. The average molecular weight is 304 g/mol. The Labute approximate surface area is 132 Å². The van der Waals surface area contributed by atoms with Crippen molar-refractivity contribution in [1.82, 2.24) is 15.0 Å². The molecule has 0 unspecified atom stereocenters. The van der Waals surface area contributed by atoms with Crippen LogP contribution in [0, 0.1) is 11.3 Å². The molecule has 0 radical (unpaired) electrons. The predicted octanol–water partition coefficient (Wildman–Crippen LogP) is 2.59. The number of hydrogen-bond donors (Lipinski definition) is 0. The fourth-order valence-corrected chi connectivity index (χ4v) is 2.25. The van der Waals surface area contributed by atoms with Gasteiger partial charge in [-0.15, -0.1) is 5.10 Å². The first-order valence-corrected chi connectivity index (χ1v) is 6.84. The van der Waals surface area contributed by atoms with E-state index in [9.17, 15) is 10.1 Å². The molecule has 0 fully saturated rings. The van der Waals surface area contributed by atoms with Crippen molar-refractivity contribution in [1.29, 1.82) is 5.26 Å². The molecule has 23 heavy (non-hydrogen) atoms. The summed E-state index contributed by atoms with van der Waals surface area (Å²) in [5, 5.41) is 17.2. The molecule has 0 saturated heterocycles. The highest BCUT2D eigenvalue weighted by atomic mass is 16.5. The number of nitriles is 1. The van der Waals surface area contributed by atoms with Crippen molar-refractivity contribution in [2.75, 3.05) is 7.11 Å². The number of methoxy groups -OCH3 is 1. The number of ether oxygens (including phenoxy) is 1. The lowest BCUT2D eigenvalue weighted by molar-refractivity contribution is 0.0601. The summed E-state index contributed by atoms with van der Waals surface area (Å²) in [7, 11) is 1.33. The molecular formula is C17H12N4O2. The minimum Gasteiger partial charge on any atom is -0.465 e. The molecule has 0 saturated carbocycles. The van der Waals surface area contributed by atoms with E-state index in [1.807, 2.05) is 30.3 Å². The van der Waals surface area contributed by atoms with Crippen LogP contribution in [-0.2, 0) is 4.74 Å². The normalized spacial score (nSPS) is 10.1. The number of nitrogens with zero attached hydrogens (tertiary/aromatic N) is 4. The summed E-state index contributed by atoms with van der Waals surface area (Å²) < 4.78 is 6.26. The van der Waals surface area contributed by atoms with E-state index < -0.39 is 5.97 Å². The molecule has 6 heteroatoms. The third-order valence-electron chi connectivity index (χ3n) is 3.36. The van der Waals surface area contributed by atoms with Gasteiger partial charge >= 0.3 is 5.97 Å². The lowest BCUT2D eigenvalue weighted by Crippen LogP contribution is -2.03. The Bertz CT molecular complexity index is 877. The number of carbonyl (C=O) groups excluding carboxylic acids is 1. The Morgan fingerprint density at radius 2 is 1.83 bits per heavy atom. The minimum atomic E-state index is -0.406. The van der Waals surface area contributed by atoms with Crippen LogP contribution in [0.3, 0.4) is 0 Å². The maximum absolute atomic E-state index is 11.5. The van der Waals surface area contributed by atoms with Crippen LogP contribution in [-0.4, -0.2) is 28.1 Å². The summed E-state index contributed by atoms with van der Waals surface area (Å²) in [5.74, 6) is -0.406. The van der Waals surface area contributed by atoms with Gasteiger partial charge in [-0.2, -0.15) is 5.26 Å². The van der Waals surface area contributed by atoms with Gasteiger partial charge in [-0.3, -0.25) is 0 Å². The quantitative estimate of drug-likeness (QED) is 0.695. The van der Waals surface area contributed by atoms with Crippen molar-refractivity contribution in [2.24, 2.45) is 0 Å². The highest BCUT2D eigenvalue weighted by molar-refractivity contribution is 5.89. The Balaban J connectivity index is 2.09. The summed E-state index contributed by atoms with van der Waals surface area (Å²) in [4.78, 5) is 11.5. The molecule has 3 rings (SSSR count). The largest absolute Gasteiger partial charge is 0.465 e. The zero-order valence-corrected chi connectivity index (χ0v) is 12.3. The lowest BCUT2D eigenvalue weighted by Gasteiger charge is -2.07. The van der Waals surface area contributed by atoms with Gasteiger partial charge in [-0.25, -0.2) is 9.48 Å². The summed E-state index contributed by atoms with van der Waals surface area (Å²) in [5.41, 5.74) is 2.84. The van der Waals surface area contributed by atoms with E-state index in [4.69, 9.17) is 0 Å². The van der Waals surface area contributed by atoms with Crippen LogP contribution < -0.4 is 0 Å². The number of hydrogen-bond acceptors (Lipinski definition) is 5. The number of benzene rings is 2. The molecule has 3 aromatic rings. The molecular weight excluding hydrogens is 292 g/mol. The van der Waals surface area contributed by atoms with Gasteiger partial charge in [0.1, 0.15) is 11.8 Å². The standard InChI is InChI=1S/C17H12N4O2/c1-23-17(22)13-7-9-14(10-8-13)21-16(15(11-18)19-20-21)12-5-3-2-4-6-12/h2-10H,1H3. The van der Waals surface area contributed by atoms with E-state index >= 15 is 0 Å². The smallest absolute Gasteiger partial charge is 0.337 e. The number of carbonyl (C=O) groups is 1. The summed E-state index contributed by atoms with van der Waals surface area (Å²) in [6, 6.07) is 18.2. The molecule has 1 heterocycles. The van der Waals surface area contributed by atoms with Crippen LogP contribution in [0.5, 0.6) is 0 Å². The fraction of sp³-hybridized carbons (Fsp3) is 0.0588. The van der Waals surface area contributed by atoms with Gasteiger partial charge in [-0.05, 0) is 24.3 Å². The van der Waals surface area contributed by atoms with Gasteiger partial charge in [0.05, 0.1) is 18.4 Å². The van der Waals surface area contributed by atoms with E-state index in [1.54, 1.807) is 28.9 Å². The molecule has 6 nitrogen and oxygen atoms in total. The molecule has 0 spiro atoms. The minimum absolute atomic E-state index is 0.244. The zero-order valence-electron chi connectivity index (χ0n) is 12.3. The van der Waals surface area contributed by atoms with Gasteiger partial charge in [0.2, 0.25) is 0 Å². The third kappa shape index (κ3) is 2.68. The maximum Gasteiger partial charge on any atom is 0.337 e. The van der Waals surface area contributed by atoms with E-state index in [0.29, 0.717) is 16.9 Å². The predicted molar refractivity (Wildman–Crippen MR) is 82.8 cm³/mol. The molecule has 0 aliphatic rings. The van der Waals surface area contributed by atoms with Gasteiger partial charge in [0.25, 0.3) is 0 Å². The SMILES string of the molecule is COC(=O)c1ccc(-n2nnc(C#N)c2-c2ccccc2)cc1. The van der Waals surface area contributed by atoms with Crippen LogP contribution in [0.25, 0.3) is 16.9 Å². The number of aromatic nitrogens is 3. The van der Waals surface area contributed by atoms with Crippen molar-refractivity contribution >= 4 is 5.97 Å². The topological polar surface area (TPSA) is 80.8 Å². The summed E-state index contributed by atoms with van der Waals surface area (Å²) in [6.45, 7) is 0. The fourth-order valence-electron chi connectivity index (χ4n) is 2.25. The van der Waals surface area contributed by atoms with E-state index in [1.165, 1.54) is 7.11 Å². The van der Waals surface area contributed by atoms with E-state index in [0.717, 1.165) is 5.56 Å². The van der Waals surface area contributed by atoms with Crippen molar-refractivity contribution in [3.63, 3.8) is 0 Å². The van der Waals surface area contributed by atoms with Gasteiger partial charge in [0.15, 0.2) is 5.69 Å². The third-order valence-corrected chi connectivity index (χ3v) is 3.36. The monoisotopic (exact) mass is 304 g/mol. The first kappa shape index (κ1) is 14.5. The van der Waals surface area contributed by atoms with Crippen molar-refractivity contribution in [3.05, 3.63) is 65.9 Å². The Kier molecular flexibility index (Phi) is 3.85. The van der Waals surface area contributed by atoms with Crippen LogP contribution in [0.4, 0.5) is 0 Å². The van der Waals surface area contributed by atoms with E-state index in [-0.39, 0.29) is 5.69 Å². The number of esters is 1. The van der Waals surface area contributed by atoms with Crippen LogP contribution in [0.15, 0.2) is 54.6 Å². The second-order valence-electron chi connectivity index (χ2n) is 4.71. The first-order valence-electron chi connectivity index (χ1n) is 6.84. The van der Waals surface area contributed by atoms with Crippen LogP contribution >= 0.6 is 0 Å². The number of rotatable bonds is 3. The molecule has 2 aromatic carbocycles. The average Bonchev–Trinajstić information content (AvgIpc) is 3.06. The molecule has 0 N–H and O–H groups in total. The Morgan fingerprint density at radius 1 is 1.13 bits per heavy atom. The highest BCUT2D eigenvalue weighted by Gasteiger charge is 2.16. The molecule has 0 atom stereocenters. The van der Waals surface area contributed by atoms with E-state index in [2.05, 4.69) is 21.1 Å². The molecule has 0 bridgehead atoms. The molecule has 1 aromatic heterocycles.